The van der Waals surface area contributed by atoms with E-state index in [9.17, 15) is 13.2 Å². The molecule has 24 heavy (non-hydrogen) atoms. The molecular weight excluding hydrogens is 330 g/mol. The fourth-order valence-electron chi connectivity index (χ4n) is 2.72. The van der Waals surface area contributed by atoms with Crippen LogP contribution in [0.25, 0.3) is 11.0 Å². The second kappa shape index (κ2) is 5.60. The molecule has 8 nitrogen and oxygen atoms in total. The highest BCUT2D eigenvalue weighted by Gasteiger charge is 2.23. The number of imidazole rings is 1. The summed E-state index contributed by atoms with van der Waals surface area (Å²) in [6.45, 7) is 0.224. The number of rotatable bonds is 4. The topological polar surface area (TPSA) is 82.1 Å². The maximum Gasteiger partial charge on any atom is 0.328 e. The SMILES string of the molecule is CN(Cc1cnn(C)c1)S(=O)(=O)c1ccc2c(c1)n(C)c(=O)n2C. The van der Waals surface area contributed by atoms with Crippen LogP contribution in [0.4, 0.5) is 0 Å². The van der Waals surface area contributed by atoms with Crippen LogP contribution in [0.3, 0.4) is 0 Å². The second-order valence-electron chi connectivity index (χ2n) is 5.83. The first-order valence-corrected chi connectivity index (χ1v) is 8.75. The Kier molecular flexibility index (Phi) is 3.84. The molecule has 0 amide bonds. The van der Waals surface area contributed by atoms with Gasteiger partial charge in [-0.3, -0.25) is 13.8 Å². The molecule has 128 valence electrons. The fourth-order valence-corrected chi connectivity index (χ4v) is 3.90. The van der Waals surface area contributed by atoms with Gasteiger partial charge >= 0.3 is 5.69 Å². The third-order valence-electron chi connectivity index (χ3n) is 4.12. The van der Waals surface area contributed by atoms with Gasteiger partial charge in [-0.05, 0) is 18.2 Å². The molecule has 3 rings (SSSR count). The summed E-state index contributed by atoms with van der Waals surface area (Å²) in [5, 5.41) is 4.04. The van der Waals surface area contributed by atoms with E-state index in [0.29, 0.717) is 11.0 Å². The molecule has 0 aliphatic rings. The van der Waals surface area contributed by atoms with Crippen LogP contribution < -0.4 is 5.69 Å². The zero-order chi connectivity index (χ0) is 17.6. The largest absolute Gasteiger partial charge is 0.328 e. The number of benzene rings is 1. The Morgan fingerprint density at radius 1 is 1.12 bits per heavy atom. The third-order valence-corrected chi connectivity index (χ3v) is 5.91. The zero-order valence-electron chi connectivity index (χ0n) is 14.0. The van der Waals surface area contributed by atoms with Gasteiger partial charge in [-0.1, -0.05) is 0 Å². The van der Waals surface area contributed by atoms with Crippen molar-refractivity contribution in [1.82, 2.24) is 23.2 Å². The van der Waals surface area contributed by atoms with E-state index in [0.717, 1.165) is 5.56 Å². The van der Waals surface area contributed by atoms with E-state index in [2.05, 4.69) is 5.10 Å². The van der Waals surface area contributed by atoms with Gasteiger partial charge in [0, 0.05) is 46.5 Å². The molecule has 1 aromatic carbocycles. The van der Waals surface area contributed by atoms with E-state index in [1.54, 1.807) is 44.3 Å². The Bertz CT molecular complexity index is 1070. The van der Waals surface area contributed by atoms with Crippen molar-refractivity contribution in [1.29, 1.82) is 0 Å². The fraction of sp³-hybridized carbons (Fsp3) is 0.333. The van der Waals surface area contributed by atoms with Crippen molar-refractivity contribution in [2.75, 3.05) is 7.05 Å². The first-order chi connectivity index (χ1) is 11.2. The molecule has 9 heteroatoms. The summed E-state index contributed by atoms with van der Waals surface area (Å²) in [5.74, 6) is 0. The summed E-state index contributed by atoms with van der Waals surface area (Å²) in [7, 11) is 2.92. The van der Waals surface area contributed by atoms with E-state index < -0.39 is 10.0 Å². The average molecular weight is 349 g/mol. The predicted octanol–water partition coefficient (Wildman–Crippen LogP) is 0.431. The maximum absolute atomic E-state index is 12.8. The number of sulfonamides is 1. The predicted molar refractivity (Wildman–Crippen MR) is 90.0 cm³/mol. The third kappa shape index (κ3) is 2.55. The number of nitrogens with zero attached hydrogens (tertiary/aromatic N) is 5. The van der Waals surface area contributed by atoms with Gasteiger partial charge < -0.3 is 0 Å². The van der Waals surface area contributed by atoms with Crippen molar-refractivity contribution >= 4 is 21.1 Å². The molecule has 2 aromatic heterocycles. The van der Waals surface area contributed by atoms with Crippen molar-refractivity contribution in [3.8, 4) is 0 Å². The number of hydrogen-bond acceptors (Lipinski definition) is 4. The second-order valence-corrected chi connectivity index (χ2v) is 7.88. The Morgan fingerprint density at radius 2 is 1.79 bits per heavy atom. The molecule has 0 radical (unpaired) electrons. The van der Waals surface area contributed by atoms with Crippen molar-refractivity contribution in [3.05, 3.63) is 46.6 Å². The van der Waals surface area contributed by atoms with Gasteiger partial charge in [-0.2, -0.15) is 9.40 Å². The molecule has 2 heterocycles. The van der Waals surface area contributed by atoms with Gasteiger partial charge in [-0.15, -0.1) is 0 Å². The van der Waals surface area contributed by atoms with E-state index in [1.807, 2.05) is 0 Å². The highest BCUT2D eigenvalue weighted by Crippen LogP contribution is 2.21. The molecule has 0 saturated carbocycles. The minimum Gasteiger partial charge on any atom is -0.295 e. The lowest BCUT2D eigenvalue weighted by molar-refractivity contribution is 0.466. The molecule has 0 saturated heterocycles. The van der Waals surface area contributed by atoms with Gasteiger partial charge in [0.25, 0.3) is 0 Å². The molecule has 0 aliphatic heterocycles. The standard InChI is InChI=1S/C15H19N5O3S/c1-17-9-11(8-16-17)10-18(2)24(22,23)12-5-6-13-14(7-12)20(4)15(21)19(13)3/h5-9H,10H2,1-4H3. The number of aromatic nitrogens is 4. The summed E-state index contributed by atoms with van der Waals surface area (Å²) in [4.78, 5) is 12.1. The highest BCUT2D eigenvalue weighted by molar-refractivity contribution is 7.89. The van der Waals surface area contributed by atoms with Crippen LogP contribution >= 0.6 is 0 Å². The van der Waals surface area contributed by atoms with Gasteiger partial charge in [-0.25, -0.2) is 13.2 Å². The Hall–Kier alpha value is -2.39. The summed E-state index contributed by atoms with van der Waals surface area (Å²) in [6, 6.07) is 4.71. The summed E-state index contributed by atoms with van der Waals surface area (Å²) < 4.78 is 31.4. The van der Waals surface area contributed by atoms with Crippen LogP contribution in [-0.2, 0) is 37.7 Å². The monoisotopic (exact) mass is 349 g/mol. The molecule has 0 N–H and O–H groups in total. The molecule has 0 aliphatic carbocycles. The van der Waals surface area contributed by atoms with Gasteiger partial charge in [0.15, 0.2) is 0 Å². The lowest BCUT2D eigenvalue weighted by Gasteiger charge is -2.16. The number of aryl methyl sites for hydroxylation is 3. The van der Waals surface area contributed by atoms with E-state index in [4.69, 9.17) is 0 Å². The minimum absolute atomic E-state index is 0.155. The van der Waals surface area contributed by atoms with Crippen molar-refractivity contribution in [2.24, 2.45) is 21.1 Å². The first kappa shape index (κ1) is 16.5. The van der Waals surface area contributed by atoms with Crippen LogP contribution in [0.1, 0.15) is 5.56 Å². The molecular formula is C15H19N5O3S. The normalized spacial score (nSPS) is 12.4. The average Bonchev–Trinajstić information content (AvgIpc) is 3.04. The van der Waals surface area contributed by atoms with Crippen molar-refractivity contribution in [2.45, 2.75) is 11.4 Å². The van der Waals surface area contributed by atoms with Crippen LogP contribution in [0.2, 0.25) is 0 Å². The molecule has 0 atom stereocenters. The Balaban J connectivity index is 2.01. The van der Waals surface area contributed by atoms with Gasteiger partial charge in [0.1, 0.15) is 0 Å². The maximum atomic E-state index is 12.8. The Morgan fingerprint density at radius 3 is 2.42 bits per heavy atom. The van der Waals surface area contributed by atoms with Crippen LogP contribution in [0.15, 0.2) is 40.3 Å². The smallest absolute Gasteiger partial charge is 0.295 e. The highest BCUT2D eigenvalue weighted by atomic mass is 32.2. The zero-order valence-corrected chi connectivity index (χ0v) is 14.8. The summed E-state index contributed by atoms with van der Waals surface area (Å²) >= 11 is 0. The Labute approximate surface area is 139 Å². The van der Waals surface area contributed by atoms with Crippen LogP contribution in [-0.4, -0.2) is 38.7 Å². The van der Waals surface area contributed by atoms with Gasteiger partial charge in [0.2, 0.25) is 10.0 Å². The van der Waals surface area contributed by atoms with E-state index in [-0.39, 0.29) is 17.1 Å². The summed E-state index contributed by atoms with van der Waals surface area (Å²) in [5.41, 5.74) is 1.88. The quantitative estimate of drug-likeness (QED) is 0.684. The number of hydrogen-bond donors (Lipinski definition) is 0. The van der Waals surface area contributed by atoms with Gasteiger partial charge in [0.05, 0.1) is 22.1 Å². The van der Waals surface area contributed by atoms with E-state index >= 15 is 0 Å². The molecule has 3 aromatic rings. The van der Waals surface area contributed by atoms with Crippen LogP contribution in [0.5, 0.6) is 0 Å². The lowest BCUT2D eigenvalue weighted by Crippen LogP contribution is -2.26. The lowest BCUT2D eigenvalue weighted by atomic mass is 10.3. The van der Waals surface area contributed by atoms with Crippen LogP contribution in [0, 0.1) is 0 Å². The van der Waals surface area contributed by atoms with Crippen molar-refractivity contribution in [3.63, 3.8) is 0 Å². The number of fused-ring (bicyclic) bond motifs is 1. The van der Waals surface area contributed by atoms with Crippen molar-refractivity contribution < 1.29 is 8.42 Å². The first-order valence-electron chi connectivity index (χ1n) is 7.31. The molecule has 0 bridgehead atoms. The molecule has 0 unspecified atom stereocenters. The molecule has 0 spiro atoms. The molecule has 0 fully saturated rings. The summed E-state index contributed by atoms with van der Waals surface area (Å²) in [6.07, 6.45) is 3.41. The van der Waals surface area contributed by atoms with E-state index in [1.165, 1.54) is 32.6 Å². The minimum atomic E-state index is -3.67.